The lowest BCUT2D eigenvalue weighted by atomic mass is 9.76. The largest absolute Gasteiger partial charge is 0.459 e. The lowest BCUT2D eigenvalue weighted by Gasteiger charge is -2.51. The zero-order valence-electron chi connectivity index (χ0n) is 29.5. The number of hydrogen-bond acceptors (Lipinski definition) is 10. The van der Waals surface area contributed by atoms with Crippen molar-refractivity contribution in [2.24, 2.45) is 5.41 Å². The van der Waals surface area contributed by atoms with Crippen molar-refractivity contribution in [2.75, 3.05) is 50.4 Å². The van der Waals surface area contributed by atoms with Crippen LogP contribution < -0.4 is 15.4 Å². The summed E-state index contributed by atoms with van der Waals surface area (Å²) in [7, 11) is 2.06. The summed E-state index contributed by atoms with van der Waals surface area (Å²) in [6.45, 7) is 10.8. The van der Waals surface area contributed by atoms with Crippen molar-refractivity contribution in [3.05, 3.63) is 40.4 Å². The molecule has 5 heterocycles. The number of anilines is 2. The smallest absolute Gasteiger partial charge is 0.410 e. The number of nitrogen functional groups attached to an aromatic ring is 1. The first-order chi connectivity index (χ1) is 24.2. The molecule has 0 aliphatic carbocycles. The Bertz CT molecular complexity index is 2070. The number of aromatic nitrogens is 2. The Labute approximate surface area is 305 Å². The van der Waals surface area contributed by atoms with Crippen LogP contribution in [-0.4, -0.2) is 83.4 Å². The molecule has 14 heteroatoms. The molecule has 0 bridgehead atoms. The number of nitriles is 1. The summed E-state index contributed by atoms with van der Waals surface area (Å²) in [5, 5.41) is 10.7. The number of carbonyl (C=O) groups is 1. The molecular formula is C37H42ClF2N7O3S. The van der Waals surface area contributed by atoms with Gasteiger partial charge in [0.2, 0.25) is 0 Å². The molecule has 10 nitrogen and oxygen atoms in total. The Balaban J connectivity index is 1.34. The van der Waals surface area contributed by atoms with Crippen LogP contribution in [0.25, 0.3) is 32.1 Å². The Morgan fingerprint density at radius 1 is 1.18 bits per heavy atom. The van der Waals surface area contributed by atoms with Gasteiger partial charge in [-0.15, -0.1) is 11.3 Å². The normalized spacial score (nSPS) is 20.0. The summed E-state index contributed by atoms with van der Waals surface area (Å²) in [4.78, 5) is 28.6. The molecule has 2 aromatic heterocycles. The third-order valence-electron chi connectivity index (χ3n) is 10.4. The maximum atomic E-state index is 17.2. The number of likely N-dealkylation sites (tertiary alicyclic amines) is 2. The van der Waals surface area contributed by atoms with E-state index in [9.17, 15) is 14.4 Å². The van der Waals surface area contributed by atoms with Gasteiger partial charge in [-0.25, -0.2) is 13.6 Å². The van der Waals surface area contributed by atoms with E-state index in [1.807, 2.05) is 27.7 Å². The topological polar surface area (TPSA) is 121 Å². The second-order valence-corrected chi connectivity index (χ2v) is 16.7. The number of halogens is 3. The van der Waals surface area contributed by atoms with Gasteiger partial charge in [0.25, 0.3) is 0 Å². The van der Waals surface area contributed by atoms with Gasteiger partial charge in [-0.05, 0) is 84.7 Å². The Kier molecular flexibility index (Phi) is 9.17. The number of nitrogens with zero attached hydrogens (tertiary/aromatic N) is 6. The highest BCUT2D eigenvalue weighted by Gasteiger charge is 2.48. The first kappa shape index (κ1) is 35.4. The zero-order valence-corrected chi connectivity index (χ0v) is 31.1. The van der Waals surface area contributed by atoms with E-state index in [-0.39, 0.29) is 72.0 Å². The molecule has 3 aliphatic heterocycles. The molecule has 2 atom stereocenters. The second kappa shape index (κ2) is 13.2. The summed E-state index contributed by atoms with van der Waals surface area (Å²) in [5.41, 5.74) is 5.62. The summed E-state index contributed by atoms with van der Waals surface area (Å²) < 4.78 is 44.3. The molecule has 0 saturated carbocycles. The van der Waals surface area contributed by atoms with Gasteiger partial charge in [0.15, 0.2) is 5.82 Å². The number of rotatable bonds is 5. The molecule has 3 aliphatic rings. The molecule has 2 aromatic carbocycles. The molecule has 51 heavy (non-hydrogen) atoms. The zero-order chi connectivity index (χ0) is 36.4. The Hall–Kier alpha value is -3.99. The van der Waals surface area contributed by atoms with Crippen LogP contribution in [0.15, 0.2) is 18.2 Å². The highest BCUT2D eigenvalue weighted by Crippen LogP contribution is 2.47. The first-order valence-electron chi connectivity index (χ1n) is 17.4. The molecule has 7 rings (SSSR count). The molecule has 3 fully saturated rings. The van der Waals surface area contributed by atoms with Crippen LogP contribution >= 0.6 is 22.9 Å². The third-order valence-corrected chi connectivity index (χ3v) is 11.7. The fourth-order valence-corrected chi connectivity index (χ4v) is 9.25. The van der Waals surface area contributed by atoms with E-state index in [0.29, 0.717) is 37.4 Å². The molecule has 1 spiro atoms. The van der Waals surface area contributed by atoms with E-state index in [0.717, 1.165) is 50.0 Å². The summed E-state index contributed by atoms with van der Waals surface area (Å²) in [6, 6.07) is 6.54. The highest BCUT2D eigenvalue weighted by atomic mass is 35.5. The number of fused-ring (bicyclic) bond motifs is 2. The second-order valence-electron chi connectivity index (χ2n) is 15.3. The van der Waals surface area contributed by atoms with Gasteiger partial charge in [-0.2, -0.15) is 15.2 Å². The number of benzene rings is 2. The molecular weight excluding hydrogens is 696 g/mol. The van der Waals surface area contributed by atoms with E-state index >= 15 is 4.39 Å². The van der Waals surface area contributed by atoms with Crippen molar-refractivity contribution >= 4 is 60.8 Å². The third kappa shape index (κ3) is 6.51. The van der Waals surface area contributed by atoms with Crippen LogP contribution in [0.1, 0.15) is 65.4 Å². The first-order valence-corrected chi connectivity index (χ1v) is 18.6. The van der Waals surface area contributed by atoms with Gasteiger partial charge in [0.1, 0.15) is 39.9 Å². The number of ether oxygens (including phenoxy) is 2. The number of likely N-dealkylation sites (N-methyl/N-ethyl adjacent to an activating group) is 1. The van der Waals surface area contributed by atoms with Crippen molar-refractivity contribution in [1.82, 2.24) is 19.8 Å². The average Bonchev–Trinajstić information content (AvgIpc) is 3.55. The number of carbonyl (C=O) groups excluding carboxylic acids is 1. The van der Waals surface area contributed by atoms with Gasteiger partial charge in [-0.3, -0.25) is 4.90 Å². The predicted molar refractivity (Wildman–Crippen MR) is 196 cm³/mol. The van der Waals surface area contributed by atoms with Crippen LogP contribution in [0.5, 0.6) is 6.01 Å². The van der Waals surface area contributed by atoms with E-state index < -0.39 is 17.2 Å². The van der Waals surface area contributed by atoms with E-state index in [2.05, 4.69) is 27.9 Å². The summed E-state index contributed by atoms with van der Waals surface area (Å²) >= 11 is 7.88. The van der Waals surface area contributed by atoms with Crippen LogP contribution in [0.3, 0.4) is 0 Å². The maximum absolute atomic E-state index is 17.2. The minimum Gasteiger partial charge on any atom is -0.459 e. The Morgan fingerprint density at radius 2 is 1.94 bits per heavy atom. The number of amides is 1. The van der Waals surface area contributed by atoms with Gasteiger partial charge in [0, 0.05) is 54.0 Å². The van der Waals surface area contributed by atoms with Crippen molar-refractivity contribution in [3.63, 3.8) is 0 Å². The van der Waals surface area contributed by atoms with Crippen LogP contribution in [-0.2, 0) is 4.74 Å². The van der Waals surface area contributed by atoms with Crippen molar-refractivity contribution in [1.29, 1.82) is 5.26 Å². The predicted octanol–water partition coefficient (Wildman–Crippen LogP) is 7.99. The SMILES string of the molecule is C[C@H](Oc1nc(N2CCCCC3(CN(C(=O)OC(C)(C)C)C3)C2)c2cc(Cl)c(-c3ccc(F)c4sc(N)c(C#N)c34)c(F)c2n1)[C@@H]1CCCN1C. The van der Waals surface area contributed by atoms with E-state index in [4.69, 9.17) is 31.8 Å². The van der Waals surface area contributed by atoms with Gasteiger partial charge in [-0.1, -0.05) is 24.1 Å². The summed E-state index contributed by atoms with van der Waals surface area (Å²) in [6.07, 6.45) is 4.16. The number of nitrogens with two attached hydrogens (primary N) is 1. The van der Waals surface area contributed by atoms with Crippen LogP contribution in [0.2, 0.25) is 5.02 Å². The monoisotopic (exact) mass is 737 g/mol. The molecule has 2 N–H and O–H groups in total. The highest BCUT2D eigenvalue weighted by molar-refractivity contribution is 7.23. The molecule has 3 saturated heterocycles. The molecule has 1 amide bonds. The quantitative estimate of drug-likeness (QED) is 0.217. The van der Waals surface area contributed by atoms with Gasteiger partial charge in [0.05, 0.1) is 15.3 Å². The number of thiophene rings is 1. The van der Waals surface area contributed by atoms with Crippen LogP contribution in [0, 0.1) is 28.4 Å². The van der Waals surface area contributed by atoms with Crippen molar-refractivity contribution in [2.45, 2.75) is 77.5 Å². The molecule has 270 valence electrons. The molecule has 0 radical (unpaired) electrons. The Morgan fingerprint density at radius 3 is 2.63 bits per heavy atom. The van der Waals surface area contributed by atoms with E-state index in [1.165, 1.54) is 12.1 Å². The van der Waals surface area contributed by atoms with Crippen molar-refractivity contribution < 1.29 is 23.0 Å². The average molecular weight is 738 g/mol. The minimum atomic E-state index is -0.734. The van der Waals surface area contributed by atoms with Gasteiger partial charge >= 0.3 is 12.1 Å². The number of hydrogen-bond donors (Lipinski definition) is 1. The fourth-order valence-electron chi connectivity index (χ4n) is 8.01. The summed E-state index contributed by atoms with van der Waals surface area (Å²) in [5.74, 6) is -0.803. The molecule has 4 aromatic rings. The fraction of sp³-hybridized carbons (Fsp3) is 0.514. The van der Waals surface area contributed by atoms with Crippen LogP contribution in [0.4, 0.5) is 24.4 Å². The minimum absolute atomic E-state index is 0.00264. The van der Waals surface area contributed by atoms with Gasteiger partial charge < -0.3 is 25.0 Å². The maximum Gasteiger partial charge on any atom is 0.410 e. The van der Waals surface area contributed by atoms with E-state index in [1.54, 1.807) is 11.0 Å². The lowest BCUT2D eigenvalue weighted by Crippen LogP contribution is -2.62. The standard InChI is InChI=1S/C37H42ClF2N7O3S/c1-20(26-9-8-13-45(26)5)49-34-43-30-22(15-24(38)28(29(30)40)21-10-11-25(39)31-27(21)23(16-41)32(42)51-31)33(44-34)46-14-7-6-12-37(17-46)18-47(19-37)35(48)50-36(2,3)4/h10-11,15,20,26H,6-9,12-14,17-19,42H2,1-5H3/t20-,26-/m0/s1. The van der Waals surface area contributed by atoms with Crippen molar-refractivity contribution in [3.8, 4) is 23.2 Å². The lowest BCUT2D eigenvalue weighted by molar-refractivity contribution is -0.0336. The molecule has 0 unspecified atom stereocenters.